The first kappa shape index (κ1) is 22.2. The van der Waals surface area contributed by atoms with Crippen LogP contribution in [0.5, 0.6) is 11.5 Å². The fraction of sp³-hybridized carbons (Fsp3) is 0.480. The number of aryl methyl sites for hydroxylation is 1. The zero-order valence-electron chi connectivity index (χ0n) is 18.9. The molecule has 2 aromatic carbocycles. The Balaban J connectivity index is 1.26. The van der Waals surface area contributed by atoms with Gasteiger partial charge in [-0.3, -0.25) is 4.79 Å². The molecule has 0 spiro atoms. The monoisotopic (exact) mass is 470 g/mol. The summed E-state index contributed by atoms with van der Waals surface area (Å²) < 4.78 is 39.0. The Morgan fingerprint density at radius 2 is 1.67 bits per heavy atom. The highest BCUT2D eigenvalue weighted by Gasteiger charge is 2.38. The van der Waals surface area contributed by atoms with Crippen molar-refractivity contribution in [2.24, 2.45) is 5.92 Å². The first-order chi connectivity index (χ1) is 15.9. The van der Waals surface area contributed by atoms with Crippen molar-refractivity contribution in [2.45, 2.75) is 43.5 Å². The predicted molar refractivity (Wildman–Crippen MR) is 124 cm³/mol. The van der Waals surface area contributed by atoms with Gasteiger partial charge in [-0.1, -0.05) is 24.3 Å². The quantitative estimate of drug-likeness (QED) is 0.683. The zero-order chi connectivity index (χ0) is 23.0. The molecule has 5 rings (SSSR count). The van der Waals surface area contributed by atoms with Crippen LogP contribution in [0.2, 0.25) is 0 Å². The number of carbonyl (C=O) groups is 1. The van der Waals surface area contributed by atoms with Crippen LogP contribution in [0.15, 0.2) is 47.4 Å². The number of nitrogens with zero attached hydrogens (tertiary/aromatic N) is 2. The molecule has 0 N–H and O–H groups in total. The van der Waals surface area contributed by atoms with E-state index in [9.17, 15) is 13.2 Å². The number of benzene rings is 2. The summed E-state index contributed by atoms with van der Waals surface area (Å²) in [6.07, 6.45) is 3.06. The van der Waals surface area contributed by atoms with Crippen molar-refractivity contribution in [1.29, 1.82) is 0 Å². The Morgan fingerprint density at radius 3 is 2.42 bits per heavy atom. The lowest BCUT2D eigenvalue weighted by molar-refractivity contribution is -0.137. The second kappa shape index (κ2) is 8.99. The lowest BCUT2D eigenvalue weighted by Gasteiger charge is -2.35. The van der Waals surface area contributed by atoms with Gasteiger partial charge >= 0.3 is 0 Å². The highest BCUT2D eigenvalue weighted by Crippen LogP contribution is 2.37. The van der Waals surface area contributed by atoms with E-state index in [4.69, 9.17) is 9.47 Å². The van der Waals surface area contributed by atoms with E-state index in [1.54, 1.807) is 12.1 Å². The second-order valence-electron chi connectivity index (χ2n) is 9.03. The van der Waals surface area contributed by atoms with Crippen molar-refractivity contribution in [3.8, 4) is 11.5 Å². The summed E-state index contributed by atoms with van der Waals surface area (Å²) in [5.41, 5.74) is 2.43. The Hall–Kier alpha value is -2.58. The van der Waals surface area contributed by atoms with Gasteiger partial charge in [-0.25, -0.2) is 8.42 Å². The average molecular weight is 471 g/mol. The highest BCUT2D eigenvalue weighted by atomic mass is 32.2. The molecule has 8 heteroatoms. The maximum Gasteiger partial charge on any atom is 0.243 e. The predicted octanol–water partition coefficient (Wildman–Crippen LogP) is 3.53. The Morgan fingerprint density at radius 1 is 0.939 bits per heavy atom. The minimum atomic E-state index is -3.65. The van der Waals surface area contributed by atoms with Crippen molar-refractivity contribution < 1.29 is 22.7 Å². The molecule has 3 heterocycles. The van der Waals surface area contributed by atoms with Gasteiger partial charge in [0.1, 0.15) is 13.2 Å². The molecule has 33 heavy (non-hydrogen) atoms. The van der Waals surface area contributed by atoms with Crippen LogP contribution in [0.25, 0.3) is 0 Å². The van der Waals surface area contributed by atoms with E-state index in [-0.39, 0.29) is 22.8 Å². The number of rotatable bonds is 4. The molecule has 1 unspecified atom stereocenters. The normalized spacial score (nSPS) is 21.8. The number of sulfonamides is 1. The molecule has 3 aliphatic rings. The molecule has 2 fully saturated rings. The summed E-state index contributed by atoms with van der Waals surface area (Å²) in [5, 5.41) is 0. The molecular weight excluding hydrogens is 440 g/mol. The van der Waals surface area contributed by atoms with Gasteiger partial charge in [-0.15, -0.1) is 0 Å². The summed E-state index contributed by atoms with van der Waals surface area (Å²) in [7, 11) is -3.65. The number of fused-ring (bicyclic) bond motifs is 1. The summed E-state index contributed by atoms with van der Waals surface area (Å²) in [4.78, 5) is 15.6. The molecular formula is C25H30N2O5S. The van der Waals surface area contributed by atoms with E-state index in [1.165, 1.54) is 21.5 Å². The number of piperidine rings is 1. The van der Waals surface area contributed by atoms with Crippen LogP contribution in [-0.2, 0) is 14.8 Å². The van der Waals surface area contributed by atoms with E-state index in [2.05, 4.69) is 19.1 Å². The van der Waals surface area contributed by atoms with Crippen LogP contribution in [-0.4, -0.2) is 56.4 Å². The SMILES string of the molecule is Cc1ccccc1C1CCCN1C(=O)C1CCN(S(=O)(=O)c2ccc3c(c2)OCCO3)CC1. The third-order valence-corrected chi connectivity index (χ3v) is 8.93. The van der Waals surface area contributed by atoms with Crippen LogP contribution in [0, 0.1) is 12.8 Å². The zero-order valence-corrected chi connectivity index (χ0v) is 19.7. The van der Waals surface area contributed by atoms with Gasteiger partial charge in [0, 0.05) is 31.6 Å². The number of amides is 1. The van der Waals surface area contributed by atoms with Crippen LogP contribution in [0.1, 0.15) is 42.9 Å². The fourth-order valence-corrected chi connectivity index (χ4v) is 6.71. The van der Waals surface area contributed by atoms with Gasteiger partial charge in [0.05, 0.1) is 10.9 Å². The molecule has 2 aromatic rings. The van der Waals surface area contributed by atoms with Crippen LogP contribution < -0.4 is 9.47 Å². The van der Waals surface area contributed by atoms with Gasteiger partial charge in [0.15, 0.2) is 11.5 Å². The number of carbonyl (C=O) groups excluding carboxylic acids is 1. The van der Waals surface area contributed by atoms with Crippen molar-refractivity contribution in [3.05, 3.63) is 53.6 Å². The number of hydrogen-bond donors (Lipinski definition) is 0. The van der Waals surface area contributed by atoms with Gasteiger partial charge in [-0.2, -0.15) is 4.31 Å². The molecule has 1 amide bonds. The number of ether oxygens (including phenoxy) is 2. The molecule has 176 valence electrons. The smallest absolute Gasteiger partial charge is 0.243 e. The molecule has 0 bridgehead atoms. The van der Waals surface area contributed by atoms with Gasteiger partial charge < -0.3 is 14.4 Å². The largest absolute Gasteiger partial charge is 0.486 e. The molecule has 0 aromatic heterocycles. The van der Waals surface area contributed by atoms with Crippen LogP contribution >= 0.6 is 0 Å². The summed E-state index contributed by atoms with van der Waals surface area (Å²) in [6.45, 7) is 4.42. The highest BCUT2D eigenvalue weighted by molar-refractivity contribution is 7.89. The minimum Gasteiger partial charge on any atom is -0.486 e. The van der Waals surface area contributed by atoms with E-state index in [0.717, 1.165) is 19.4 Å². The van der Waals surface area contributed by atoms with Crippen molar-refractivity contribution in [2.75, 3.05) is 32.8 Å². The van der Waals surface area contributed by atoms with E-state index >= 15 is 0 Å². The van der Waals surface area contributed by atoms with Crippen molar-refractivity contribution >= 4 is 15.9 Å². The molecule has 3 aliphatic heterocycles. The number of likely N-dealkylation sites (tertiary alicyclic amines) is 1. The van der Waals surface area contributed by atoms with E-state index in [1.807, 2.05) is 17.0 Å². The minimum absolute atomic E-state index is 0.123. The summed E-state index contributed by atoms with van der Waals surface area (Å²) in [6, 6.07) is 13.2. The molecule has 0 radical (unpaired) electrons. The standard InChI is InChI=1S/C25H30N2O5S/c1-18-5-2-3-6-21(18)22-7-4-12-27(22)25(28)19-10-13-26(14-11-19)33(29,30)20-8-9-23-24(17-20)32-16-15-31-23/h2-3,5-6,8-9,17,19,22H,4,7,10-16H2,1H3. The molecule has 0 saturated carbocycles. The molecule has 1 atom stereocenters. The average Bonchev–Trinajstić information content (AvgIpc) is 3.33. The van der Waals surface area contributed by atoms with Gasteiger partial charge in [0.2, 0.25) is 15.9 Å². The third-order valence-electron chi connectivity index (χ3n) is 7.04. The molecule has 2 saturated heterocycles. The third kappa shape index (κ3) is 4.22. The topological polar surface area (TPSA) is 76.2 Å². The Kier molecular flexibility index (Phi) is 6.05. The second-order valence-corrected chi connectivity index (χ2v) is 11.0. The Labute approximate surface area is 195 Å². The summed E-state index contributed by atoms with van der Waals surface area (Å²) >= 11 is 0. The van der Waals surface area contributed by atoms with Crippen molar-refractivity contribution in [1.82, 2.24) is 9.21 Å². The maximum atomic E-state index is 13.4. The Bertz CT molecular complexity index is 1140. The van der Waals surface area contributed by atoms with Gasteiger partial charge in [0.25, 0.3) is 0 Å². The van der Waals surface area contributed by atoms with Crippen molar-refractivity contribution in [3.63, 3.8) is 0 Å². The van der Waals surface area contributed by atoms with Crippen LogP contribution in [0.3, 0.4) is 0 Å². The first-order valence-electron chi connectivity index (χ1n) is 11.7. The van der Waals surface area contributed by atoms with E-state index in [0.29, 0.717) is 50.6 Å². The molecule has 0 aliphatic carbocycles. The van der Waals surface area contributed by atoms with Gasteiger partial charge in [-0.05, 0) is 55.9 Å². The number of hydrogen-bond acceptors (Lipinski definition) is 5. The first-order valence-corrected chi connectivity index (χ1v) is 13.1. The van der Waals surface area contributed by atoms with E-state index < -0.39 is 10.0 Å². The summed E-state index contributed by atoms with van der Waals surface area (Å²) in [5.74, 6) is 1.06. The molecule has 7 nitrogen and oxygen atoms in total. The lowest BCUT2D eigenvalue weighted by Crippen LogP contribution is -2.44. The fourth-order valence-electron chi connectivity index (χ4n) is 5.23. The maximum absolute atomic E-state index is 13.4. The van der Waals surface area contributed by atoms with Crippen LogP contribution in [0.4, 0.5) is 0 Å². The lowest BCUT2D eigenvalue weighted by atomic mass is 9.94.